The van der Waals surface area contributed by atoms with Crippen LogP contribution in [0.25, 0.3) is 0 Å². The Bertz CT molecular complexity index is 1410. The van der Waals surface area contributed by atoms with E-state index in [0.29, 0.717) is 12.5 Å². The van der Waals surface area contributed by atoms with Crippen LogP contribution in [-0.4, -0.2) is 58.5 Å². The molecule has 2 heterocycles. The highest BCUT2D eigenvalue weighted by atomic mass is 35.5. The van der Waals surface area contributed by atoms with E-state index in [9.17, 15) is 9.18 Å². The quantitative estimate of drug-likeness (QED) is 0.249. The Morgan fingerprint density at radius 2 is 2.07 bits per heavy atom. The molecule has 0 saturated heterocycles. The van der Waals surface area contributed by atoms with E-state index < -0.39 is 29.2 Å². The van der Waals surface area contributed by atoms with Crippen LogP contribution in [0.5, 0.6) is 0 Å². The second-order valence-electron chi connectivity index (χ2n) is 10.9. The van der Waals surface area contributed by atoms with E-state index in [1.165, 1.54) is 39.4 Å². The summed E-state index contributed by atoms with van der Waals surface area (Å²) in [7, 11) is 1.35. The van der Waals surface area contributed by atoms with Crippen LogP contribution in [0, 0.1) is 29.6 Å². The van der Waals surface area contributed by atoms with Crippen LogP contribution in [0.2, 0.25) is 0 Å². The van der Waals surface area contributed by atoms with Gasteiger partial charge in [0.25, 0.3) is 0 Å². The zero-order valence-electron chi connectivity index (χ0n) is 24.6. The smallest absolute Gasteiger partial charge is 0.384 e. The summed E-state index contributed by atoms with van der Waals surface area (Å²) in [5.41, 5.74) is 10.6. The van der Waals surface area contributed by atoms with Gasteiger partial charge in [0.1, 0.15) is 34.1 Å². The zero-order valence-corrected chi connectivity index (χ0v) is 25.4. The lowest BCUT2D eigenvalue weighted by Gasteiger charge is -2.38. The van der Waals surface area contributed by atoms with Crippen LogP contribution >= 0.6 is 11.6 Å². The molecule has 0 spiro atoms. The molecule has 13 heteroatoms. The number of rotatable bonds is 11. The highest BCUT2D eigenvalue weighted by Crippen LogP contribution is 2.32. The van der Waals surface area contributed by atoms with E-state index in [4.69, 9.17) is 28.1 Å². The molecule has 3 rings (SSSR count). The van der Waals surface area contributed by atoms with Crippen molar-refractivity contribution in [1.82, 2.24) is 15.0 Å². The average molecular weight is 605 g/mol. The second-order valence-corrected chi connectivity index (χ2v) is 11.3. The standard InChI is InChI=1S/C29H39ClF2N8O2/c1-6-22(31)25(35-5)29(4,32)16-40(15-19-9-7-17(2)8-10-19)24(26(33)34)23(20-11-12-21(30)14-36-13-20)37-18(3)27-38-28(41)42-39-27/h6,13-14,17-20H,7-10,15-16,33-34H2,1-5H3,(H,38,39,41)/b22-6+,35-25+,37-23-/t17-,18?,19-,20?,29?. The van der Waals surface area contributed by atoms with Gasteiger partial charge in [-0.25, -0.2) is 13.6 Å². The van der Waals surface area contributed by atoms with Crippen LogP contribution in [-0.2, 0) is 0 Å². The first kappa shape index (κ1) is 32.8. The van der Waals surface area contributed by atoms with Gasteiger partial charge in [-0.3, -0.25) is 24.5 Å². The van der Waals surface area contributed by atoms with Gasteiger partial charge in [0.15, 0.2) is 11.5 Å². The van der Waals surface area contributed by atoms with E-state index in [-0.39, 0.29) is 46.3 Å². The Kier molecular flexibility index (Phi) is 11.3. The molecule has 1 aliphatic carbocycles. The highest BCUT2D eigenvalue weighted by molar-refractivity contribution is 6.32. The van der Waals surface area contributed by atoms with E-state index in [2.05, 4.69) is 43.4 Å². The summed E-state index contributed by atoms with van der Waals surface area (Å²) >= 11 is 6.12. The molecule has 1 aliphatic heterocycles. The molecular weight excluding hydrogens is 566 g/mol. The Balaban J connectivity index is 2.18. The van der Waals surface area contributed by atoms with Crippen molar-refractivity contribution >= 4 is 29.2 Å². The Hall–Kier alpha value is -3.72. The summed E-state index contributed by atoms with van der Waals surface area (Å²) < 4.78 is 35.9. The first-order chi connectivity index (χ1) is 19.9. The predicted octanol–water partition coefficient (Wildman–Crippen LogP) is 4.54. The molecule has 0 bridgehead atoms. The third-order valence-electron chi connectivity index (χ3n) is 7.38. The summed E-state index contributed by atoms with van der Waals surface area (Å²) in [6, 6.07) is -0.745. The normalized spacial score (nSPS) is 23.7. The second kappa shape index (κ2) is 14.4. The lowest BCUT2D eigenvalue weighted by Crippen LogP contribution is -2.48. The van der Waals surface area contributed by atoms with Crippen LogP contribution in [0.1, 0.15) is 65.2 Å². The lowest BCUT2D eigenvalue weighted by atomic mass is 9.82. The molecule has 1 fully saturated rings. The largest absolute Gasteiger partial charge is 0.438 e. The number of alkyl halides is 1. The van der Waals surface area contributed by atoms with Gasteiger partial charge < -0.3 is 16.4 Å². The number of H-pyrrole nitrogens is 1. The Labute approximate surface area is 249 Å². The van der Waals surface area contributed by atoms with Gasteiger partial charge in [-0.2, -0.15) is 0 Å². The maximum atomic E-state index is 16.5. The van der Waals surface area contributed by atoms with Gasteiger partial charge >= 0.3 is 5.76 Å². The monoisotopic (exact) mass is 604 g/mol. The van der Waals surface area contributed by atoms with Crippen molar-refractivity contribution < 1.29 is 13.3 Å². The number of hydrogen-bond acceptors (Lipinski definition) is 9. The number of halogens is 3. The molecule has 1 aromatic heterocycles. The molecule has 0 aromatic carbocycles. The molecule has 0 amide bonds. The molecular formula is C29H39ClF2N8O2. The van der Waals surface area contributed by atoms with Crippen molar-refractivity contribution in [3.05, 3.63) is 51.0 Å². The van der Waals surface area contributed by atoms with Gasteiger partial charge in [0.05, 0.1) is 24.4 Å². The molecule has 10 nitrogen and oxygen atoms in total. The topological polar surface area (TPSA) is 151 Å². The van der Waals surface area contributed by atoms with Crippen LogP contribution in [0.15, 0.2) is 58.9 Å². The minimum absolute atomic E-state index is 0.144. The fourth-order valence-electron chi connectivity index (χ4n) is 5.24. The molecule has 3 unspecified atom stereocenters. The number of aromatic nitrogens is 2. The number of aromatic amines is 1. The molecule has 2 aliphatic rings. The van der Waals surface area contributed by atoms with E-state index in [1.54, 1.807) is 11.8 Å². The fourth-order valence-corrected chi connectivity index (χ4v) is 5.35. The maximum Gasteiger partial charge on any atom is 0.438 e. The van der Waals surface area contributed by atoms with Crippen LogP contribution in [0.3, 0.4) is 0 Å². The number of aliphatic imine (C=N–C) groups is 3. The maximum absolute atomic E-state index is 16.5. The summed E-state index contributed by atoms with van der Waals surface area (Å²) in [4.78, 5) is 28.8. The van der Waals surface area contributed by atoms with Crippen molar-refractivity contribution in [3.8, 4) is 11.8 Å². The minimum atomic E-state index is -2.24. The summed E-state index contributed by atoms with van der Waals surface area (Å²) in [5.74, 6) is 4.34. The molecule has 1 aromatic rings. The molecule has 228 valence electrons. The zero-order chi connectivity index (χ0) is 31.0. The third-order valence-corrected chi connectivity index (χ3v) is 7.57. The number of hydrogen-bond donors (Lipinski definition) is 3. The van der Waals surface area contributed by atoms with E-state index in [1.807, 2.05) is 0 Å². The van der Waals surface area contributed by atoms with Crippen molar-refractivity contribution in [2.24, 2.45) is 44.2 Å². The third kappa shape index (κ3) is 8.41. The average Bonchev–Trinajstić information content (AvgIpc) is 3.25. The Morgan fingerprint density at radius 1 is 1.38 bits per heavy atom. The van der Waals surface area contributed by atoms with Crippen LogP contribution in [0.4, 0.5) is 8.78 Å². The Morgan fingerprint density at radius 3 is 2.64 bits per heavy atom. The fraction of sp³-hybridized carbons (Fsp3) is 0.552. The van der Waals surface area contributed by atoms with Crippen molar-refractivity contribution in [3.63, 3.8) is 0 Å². The number of allylic oxidation sites excluding steroid dienone is 4. The lowest BCUT2D eigenvalue weighted by molar-refractivity contribution is 0.159. The predicted molar refractivity (Wildman–Crippen MR) is 163 cm³/mol. The van der Waals surface area contributed by atoms with E-state index >= 15 is 4.39 Å². The first-order valence-corrected chi connectivity index (χ1v) is 14.3. The van der Waals surface area contributed by atoms with Crippen molar-refractivity contribution in [2.45, 2.75) is 65.1 Å². The molecule has 1 saturated carbocycles. The number of nitrogens with two attached hydrogens (primary N) is 2. The van der Waals surface area contributed by atoms with Crippen molar-refractivity contribution in [1.29, 1.82) is 0 Å². The minimum Gasteiger partial charge on any atom is -0.384 e. The molecule has 3 atom stereocenters. The van der Waals surface area contributed by atoms with Gasteiger partial charge in [-0.15, -0.1) is 0 Å². The summed E-state index contributed by atoms with van der Waals surface area (Å²) in [6.07, 6.45) is 7.98. The molecule has 5 N–H and O–H groups in total. The molecule has 0 radical (unpaired) electrons. The van der Waals surface area contributed by atoms with Crippen LogP contribution < -0.4 is 17.2 Å². The number of nitrogens with one attached hydrogen (secondary N) is 1. The van der Waals surface area contributed by atoms with Gasteiger partial charge in [-0.1, -0.05) is 48.4 Å². The van der Waals surface area contributed by atoms with E-state index in [0.717, 1.165) is 25.7 Å². The number of nitrogens with zero attached hydrogens (tertiary/aromatic N) is 5. The highest BCUT2D eigenvalue weighted by Gasteiger charge is 2.38. The molecule has 42 heavy (non-hydrogen) atoms. The van der Waals surface area contributed by atoms with Gasteiger partial charge in [-0.05, 0) is 51.5 Å². The first-order valence-electron chi connectivity index (χ1n) is 13.9. The summed E-state index contributed by atoms with van der Waals surface area (Å²) in [5, 5.41) is 3.96. The van der Waals surface area contributed by atoms with Gasteiger partial charge in [0.2, 0.25) is 0 Å². The summed E-state index contributed by atoms with van der Waals surface area (Å²) in [6.45, 7) is 6.69. The van der Waals surface area contributed by atoms with Gasteiger partial charge in [0, 0.05) is 19.8 Å². The van der Waals surface area contributed by atoms with Crippen molar-refractivity contribution in [2.75, 3.05) is 20.1 Å². The SMILES string of the molecule is C/C=C(F)\C(=N/C)C(C)(F)CN(C[C@H]1CC[C@H](C)CC1)C(=C(N)N)/C(=N\C(C)c1noc(=O)[nH]1)C1C#CC(Cl)=CN=C1.